The van der Waals surface area contributed by atoms with Crippen molar-refractivity contribution >= 4 is 55.7 Å². The summed E-state index contributed by atoms with van der Waals surface area (Å²) in [5, 5.41) is 1.94. The Morgan fingerprint density at radius 2 is 1.24 bits per heavy atom. The molecule has 314 valence electrons. The molecule has 3 aromatic heterocycles. The van der Waals surface area contributed by atoms with Crippen molar-refractivity contribution in [1.29, 1.82) is 0 Å². The van der Waals surface area contributed by atoms with E-state index in [2.05, 4.69) is 192 Å². The topological polar surface area (TPSA) is 46.7 Å². The largest absolute Gasteiger partial charge is 0.509 e. The summed E-state index contributed by atoms with van der Waals surface area (Å²) in [6.45, 7) is 20.3. The van der Waals surface area contributed by atoms with Gasteiger partial charge in [-0.3, -0.25) is 0 Å². The monoisotopic (exact) mass is 992 g/mol. The summed E-state index contributed by atoms with van der Waals surface area (Å²) in [6, 6.07) is 55.9. The molecule has 7 heteroatoms. The SMILES string of the molecule is CC(C)(C)c1cc(N2[CH-]N(c3[c-]c(Oc4[c-]c5c(cc4)c4oc6ccccc6c4n5-c4cc(C(C)(C)c5ccccc5)ccn4)ccc3)c3ccccc32)cc(C(C)(C)C)c1.[Pt]. The van der Waals surface area contributed by atoms with E-state index in [1.807, 2.05) is 42.6 Å². The van der Waals surface area contributed by atoms with Gasteiger partial charge in [0, 0.05) is 66.6 Å². The van der Waals surface area contributed by atoms with E-state index in [4.69, 9.17) is 14.1 Å². The van der Waals surface area contributed by atoms with Gasteiger partial charge in [-0.25, -0.2) is 4.98 Å². The molecule has 1 aliphatic heterocycles. The van der Waals surface area contributed by atoms with Crippen LogP contribution in [-0.4, -0.2) is 9.55 Å². The Kier molecular flexibility index (Phi) is 10.2. The smallest absolute Gasteiger partial charge is 0.136 e. The van der Waals surface area contributed by atoms with Crippen molar-refractivity contribution in [1.82, 2.24) is 9.55 Å². The van der Waals surface area contributed by atoms with Gasteiger partial charge in [0.25, 0.3) is 0 Å². The summed E-state index contributed by atoms with van der Waals surface area (Å²) in [5.41, 5.74) is 12.3. The number of furan rings is 1. The van der Waals surface area contributed by atoms with Gasteiger partial charge < -0.3 is 23.5 Å². The van der Waals surface area contributed by atoms with E-state index in [-0.39, 0.29) is 37.3 Å². The molecule has 0 bridgehead atoms. The van der Waals surface area contributed by atoms with Crippen molar-refractivity contribution < 1.29 is 30.2 Å². The van der Waals surface area contributed by atoms with Crippen molar-refractivity contribution in [3.63, 3.8) is 0 Å². The molecule has 10 rings (SSSR count). The molecular formula is C55H49N4O2Pt-3. The van der Waals surface area contributed by atoms with E-state index in [9.17, 15) is 0 Å². The number of rotatable bonds is 7. The first-order chi connectivity index (χ1) is 29.2. The third-order valence-electron chi connectivity index (χ3n) is 12.1. The summed E-state index contributed by atoms with van der Waals surface area (Å²) >= 11 is 0. The van der Waals surface area contributed by atoms with Crippen LogP contribution >= 0.6 is 0 Å². The average Bonchev–Trinajstić information content (AvgIpc) is 3.92. The Hall–Kier alpha value is -6.10. The summed E-state index contributed by atoms with van der Waals surface area (Å²) in [5.74, 6) is 1.93. The van der Waals surface area contributed by atoms with Crippen LogP contribution in [0.25, 0.3) is 38.8 Å². The van der Waals surface area contributed by atoms with Gasteiger partial charge in [0.05, 0.1) is 5.52 Å². The number of aromatic nitrogens is 2. The predicted octanol–water partition coefficient (Wildman–Crippen LogP) is 14.6. The van der Waals surface area contributed by atoms with Gasteiger partial charge in [0.2, 0.25) is 0 Å². The minimum Gasteiger partial charge on any atom is -0.509 e. The summed E-state index contributed by atoms with van der Waals surface area (Å²) in [7, 11) is 0. The van der Waals surface area contributed by atoms with E-state index >= 15 is 0 Å². The number of fused-ring (bicyclic) bond motifs is 6. The van der Waals surface area contributed by atoms with Gasteiger partial charge in [-0.1, -0.05) is 127 Å². The fourth-order valence-corrected chi connectivity index (χ4v) is 8.49. The van der Waals surface area contributed by atoms with Gasteiger partial charge in [0.1, 0.15) is 17.0 Å². The minimum absolute atomic E-state index is 0. The summed E-state index contributed by atoms with van der Waals surface area (Å²) < 4.78 is 15.4. The molecule has 0 radical (unpaired) electrons. The van der Waals surface area contributed by atoms with Gasteiger partial charge in [0.15, 0.2) is 0 Å². The van der Waals surface area contributed by atoms with Crippen LogP contribution in [-0.2, 0) is 37.3 Å². The number of pyridine rings is 1. The first kappa shape index (κ1) is 41.3. The van der Waals surface area contributed by atoms with Crippen molar-refractivity contribution in [2.75, 3.05) is 9.80 Å². The Labute approximate surface area is 379 Å². The van der Waals surface area contributed by atoms with Gasteiger partial charge >= 0.3 is 0 Å². The fourth-order valence-electron chi connectivity index (χ4n) is 8.49. The average molecular weight is 993 g/mol. The van der Waals surface area contributed by atoms with Crippen molar-refractivity contribution in [2.24, 2.45) is 0 Å². The molecule has 0 amide bonds. The first-order valence-electron chi connectivity index (χ1n) is 21.0. The molecule has 6 aromatic carbocycles. The Morgan fingerprint density at radius 3 is 1.97 bits per heavy atom. The number of benzene rings is 6. The molecule has 0 aliphatic carbocycles. The minimum atomic E-state index is -0.255. The molecule has 4 heterocycles. The van der Waals surface area contributed by atoms with E-state index in [1.165, 1.54) is 16.7 Å². The molecule has 6 nitrogen and oxygen atoms in total. The van der Waals surface area contributed by atoms with Crippen LogP contribution in [0.15, 0.2) is 150 Å². The second-order valence-electron chi connectivity index (χ2n) is 18.7. The molecular weight excluding hydrogens is 944 g/mol. The molecule has 0 unspecified atom stereocenters. The number of ether oxygens (including phenoxy) is 1. The molecule has 62 heavy (non-hydrogen) atoms. The zero-order valence-corrected chi connectivity index (χ0v) is 38.6. The van der Waals surface area contributed by atoms with Crippen LogP contribution in [0, 0.1) is 18.8 Å². The number of hydrogen-bond acceptors (Lipinski definition) is 5. The number of para-hydroxylation sites is 3. The predicted molar refractivity (Wildman–Crippen MR) is 250 cm³/mol. The van der Waals surface area contributed by atoms with Crippen LogP contribution in [0.2, 0.25) is 0 Å². The van der Waals surface area contributed by atoms with E-state index in [0.29, 0.717) is 11.5 Å². The zero-order valence-electron chi connectivity index (χ0n) is 36.4. The van der Waals surface area contributed by atoms with Crippen LogP contribution in [0.5, 0.6) is 11.5 Å². The molecule has 0 fully saturated rings. The van der Waals surface area contributed by atoms with E-state index in [1.54, 1.807) is 0 Å². The molecule has 1 aliphatic rings. The van der Waals surface area contributed by atoms with Gasteiger partial charge in [-0.05, 0) is 81.6 Å². The van der Waals surface area contributed by atoms with Crippen molar-refractivity contribution in [3.05, 3.63) is 187 Å². The zero-order chi connectivity index (χ0) is 42.3. The van der Waals surface area contributed by atoms with Crippen LogP contribution in [0.1, 0.15) is 77.6 Å². The fraction of sp³-hybridized carbons (Fsp3) is 0.200. The molecule has 0 saturated heterocycles. The molecule has 0 atom stereocenters. The van der Waals surface area contributed by atoms with E-state index in [0.717, 1.165) is 67.1 Å². The second kappa shape index (κ2) is 15.4. The third kappa shape index (κ3) is 7.18. The number of nitrogens with zero attached hydrogens (tertiary/aromatic N) is 4. The van der Waals surface area contributed by atoms with E-state index < -0.39 is 0 Å². The van der Waals surface area contributed by atoms with Crippen molar-refractivity contribution in [2.45, 2.75) is 71.6 Å². The maximum absolute atomic E-state index is 6.65. The molecule has 9 aromatic rings. The Morgan fingerprint density at radius 1 is 0.581 bits per heavy atom. The molecule has 0 spiro atoms. The Balaban J connectivity index is 0.00000490. The van der Waals surface area contributed by atoms with Crippen LogP contribution in [0.3, 0.4) is 0 Å². The number of anilines is 4. The quantitative estimate of drug-likeness (QED) is 0.149. The standard InChI is InChI=1S/C55H49N4O2.Pt/c1-53(2,3)38-29-39(54(4,5)6)31-41(30-38)58-35-57(46-22-13-14-23-47(46)58)40-19-16-20-42(33-40)60-43-25-26-44-48(34-43)59(51-45-21-12-15-24-49(45)61-52(44)51)50-32-37(27-28-56-50)55(7,8)36-17-10-9-11-18-36;/h9-32,35H,1-8H3;/q-3;. The Bertz CT molecular complexity index is 3080. The van der Waals surface area contributed by atoms with Crippen molar-refractivity contribution in [3.8, 4) is 17.3 Å². The first-order valence-corrected chi connectivity index (χ1v) is 21.0. The van der Waals surface area contributed by atoms with Crippen LogP contribution in [0.4, 0.5) is 22.7 Å². The van der Waals surface area contributed by atoms with Crippen LogP contribution < -0.4 is 14.5 Å². The third-order valence-corrected chi connectivity index (χ3v) is 12.1. The molecule has 0 N–H and O–H groups in total. The normalized spacial score (nSPS) is 13.2. The second-order valence-corrected chi connectivity index (χ2v) is 18.7. The molecule has 0 saturated carbocycles. The van der Waals surface area contributed by atoms with Gasteiger partial charge in [-0.2, -0.15) is 12.1 Å². The number of hydrogen-bond donors (Lipinski definition) is 0. The maximum atomic E-state index is 6.65. The summed E-state index contributed by atoms with van der Waals surface area (Å²) in [4.78, 5) is 9.45. The summed E-state index contributed by atoms with van der Waals surface area (Å²) in [6.07, 6.45) is 1.90. The van der Waals surface area contributed by atoms with Gasteiger partial charge in [-0.15, -0.1) is 42.7 Å². The maximum Gasteiger partial charge on any atom is 0.136 e.